The smallest absolute Gasteiger partial charge is 0.410 e. The van der Waals surface area contributed by atoms with Crippen molar-refractivity contribution in [3.8, 4) is 0 Å². The molecule has 0 bridgehead atoms. The van der Waals surface area contributed by atoms with Gasteiger partial charge in [-0.25, -0.2) is 9.59 Å². The SMILES string of the molecule is CC[Si](CC)(CC)O[C@]1(C)CCN(C(=O)OCc2ccccc2)[C@@H]1COC(=O)c1ccccc1. The number of hydrogen-bond donors (Lipinski definition) is 0. The van der Waals surface area contributed by atoms with Crippen molar-refractivity contribution in [1.82, 2.24) is 4.90 Å². The zero-order chi connectivity index (χ0) is 24.6. The predicted molar refractivity (Wildman–Crippen MR) is 135 cm³/mol. The van der Waals surface area contributed by atoms with E-state index in [2.05, 4.69) is 27.7 Å². The molecule has 1 fully saturated rings. The lowest BCUT2D eigenvalue weighted by molar-refractivity contribution is -0.0103. The van der Waals surface area contributed by atoms with Crippen molar-refractivity contribution in [2.24, 2.45) is 0 Å². The van der Waals surface area contributed by atoms with Crippen molar-refractivity contribution < 1.29 is 23.5 Å². The van der Waals surface area contributed by atoms with Crippen molar-refractivity contribution in [1.29, 1.82) is 0 Å². The lowest BCUT2D eigenvalue weighted by Gasteiger charge is -2.42. The zero-order valence-corrected chi connectivity index (χ0v) is 21.8. The van der Waals surface area contributed by atoms with Crippen LogP contribution in [0.25, 0.3) is 0 Å². The fraction of sp³-hybridized carbons (Fsp3) is 0.481. The Morgan fingerprint density at radius 2 is 1.53 bits per heavy atom. The highest BCUT2D eigenvalue weighted by atomic mass is 28.4. The van der Waals surface area contributed by atoms with Crippen LogP contribution in [0.3, 0.4) is 0 Å². The van der Waals surface area contributed by atoms with Crippen LogP contribution in [-0.4, -0.2) is 50.1 Å². The van der Waals surface area contributed by atoms with Gasteiger partial charge in [-0.3, -0.25) is 4.90 Å². The van der Waals surface area contributed by atoms with Gasteiger partial charge in [-0.1, -0.05) is 69.3 Å². The van der Waals surface area contributed by atoms with Crippen molar-refractivity contribution in [3.05, 3.63) is 71.8 Å². The van der Waals surface area contributed by atoms with Crippen molar-refractivity contribution in [2.45, 2.75) is 70.5 Å². The van der Waals surface area contributed by atoms with Crippen LogP contribution in [0.1, 0.15) is 50.0 Å². The summed E-state index contributed by atoms with van der Waals surface area (Å²) in [5.74, 6) is -0.405. The first-order valence-corrected chi connectivity index (χ1v) is 14.8. The molecule has 7 heteroatoms. The van der Waals surface area contributed by atoms with E-state index in [9.17, 15) is 9.59 Å². The molecule has 0 N–H and O–H groups in total. The molecule has 0 spiro atoms. The second kappa shape index (κ2) is 11.7. The Balaban J connectivity index is 1.78. The summed E-state index contributed by atoms with van der Waals surface area (Å²) < 4.78 is 18.3. The molecule has 1 heterocycles. The minimum atomic E-state index is -1.97. The quantitative estimate of drug-likeness (QED) is 0.305. The maximum absolute atomic E-state index is 13.1. The summed E-state index contributed by atoms with van der Waals surface area (Å²) in [4.78, 5) is 27.5. The molecule has 0 saturated carbocycles. The number of benzene rings is 2. The van der Waals surface area contributed by atoms with E-state index < -0.39 is 32.0 Å². The van der Waals surface area contributed by atoms with Gasteiger partial charge < -0.3 is 13.9 Å². The van der Waals surface area contributed by atoms with E-state index >= 15 is 0 Å². The number of nitrogens with zero attached hydrogens (tertiary/aromatic N) is 1. The molecule has 184 valence electrons. The number of hydrogen-bond acceptors (Lipinski definition) is 5. The van der Waals surface area contributed by atoms with E-state index in [4.69, 9.17) is 13.9 Å². The Kier molecular flexibility index (Phi) is 8.91. The van der Waals surface area contributed by atoms with Gasteiger partial charge in [0.25, 0.3) is 0 Å². The first-order chi connectivity index (χ1) is 16.4. The minimum Gasteiger partial charge on any atom is -0.460 e. The Labute approximate surface area is 204 Å². The molecular formula is C27H37NO5Si. The molecule has 2 aromatic rings. The molecular weight excluding hydrogens is 446 g/mol. The van der Waals surface area contributed by atoms with Crippen molar-refractivity contribution >= 4 is 20.4 Å². The molecule has 0 unspecified atom stereocenters. The second-order valence-corrected chi connectivity index (χ2v) is 13.8. The summed E-state index contributed by atoms with van der Waals surface area (Å²) in [6.45, 7) is 9.38. The summed E-state index contributed by atoms with van der Waals surface area (Å²) in [7, 11) is -1.97. The van der Waals surface area contributed by atoms with Crippen molar-refractivity contribution in [2.75, 3.05) is 13.2 Å². The van der Waals surface area contributed by atoms with E-state index in [0.29, 0.717) is 18.5 Å². The van der Waals surface area contributed by atoms with E-state index in [-0.39, 0.29) is 13.2 Å². The first kappa shape index (κ1) is 26.0. The van der Waals surface area contributed by atoms with E-state index in [1.54, 1.807) is 29.2 Å². The average Bonchev–Trinajstić information content (AvgIpc) is 3.21. The topological polar surface area (TPSA) is 65.1 Å². The van der Waals surface area contributed by atoms with Gasteiger partial charge in [0, 0.05) is 6.54 Å². The molecule has 0 aromatic heterocycles. The maximum Gasteiger partial charge on any atom is 0.410 e. The lowest BCUT2D eigenvalue weighted by atomic mass is 9.98. The molecule has 0 aliphatic carbocycles. The standard InChI is InChI=1S/C27H37NO5Si/c1-5-34(6-2,7-3)33-27(4)18-19-28(26(30)32-20-22-14-10-8-11-15-22)24(27)21-31-25(29)23-16-12-9-13-17-23/h8-17,24H,5-7,18-21H2,1-4H3/t24-,27-/m1/s1. The van der Waals surface area contributed by atoms with Crippen LogP contribution in [0.4, 0.5) is 4.79 Å². The van der Waals surface area contributed by atoms with E-state index in [1.165, 1.54) is 0 Å². The molecule has 1 saturated heterocycles. The highest BCUT2D eigenvalue weighted by molar-refractivity contribution is 6.73. The summed E-state index contributed by atoms with van der Waals surface area (Å²) in [5, 5.41) is 0. The van der Waals surface area contributed by atoms with Crippen LogP contribution in [0.2, 0.25) is 18.1 Å². The summed E-state index contributed by atoms with van der Waals surface area (Å²) in [6.07, 6.45) is 0.268. The van der Waals surface area contributed by atoms with E-state index in [1.807, 2.05) is 36.4 Å². The lowest BCUT2D eigenvalue weighted by Crippen LogP contribution is -2.55. The normalized spacial score (nSPS) is 20.2. The molecule has 1 amide bonds. The van der Waals surface area contributed by atoms with Gasteiger partial charge in [-0.2, -0.15) is 0 Å². The van der Waals surface area contributed by atoms with Gasteiger partial charge >= 0.3 is 12.1 Å². The number of amides is 1. The summed E-state index contributed by atoms with van der Waals surface area (Å²) in [5.41, 5.74) is 0.813. The Hall–Kier alpha value is -2.64. The molecule has 1 aliphatic heterocycles. The van der Waals surface area contributed by atoms with Gasteiger partial charge in [-0.15, -0.1) is 0 Å². The minimum absolute atomic E-state index is 0.0618. The van der Waals surface area contributed by atoms with Crippen LogP contribution >= 0.6 is 0 Å². The molecule has 2 aromatic carbocycles. The average molecular weight is 484 g/mol. The van der Waals surface area contributed by atoms with Crippen molar-refractivity contribution in [3.63, 3.8) is 0 Å². The molecule has 2 atom stereocenters. The van der Waals surface area contributed by atoms with E-state index in [0.717, 1.165) is 23.7 Å². The monoisotopic (exact) mass is 483 g/mol. The third kappa shape index (κ3) is 6.07. The second-order valence-electron chi connectivity index (χ2n) is 9.12. The number of carbonyl (C=O) groups excluding carboxylic acids is 2. The number of ether oxygens (including phenoxy) is 2. The number of carbonyl (C=O) groups is 2. The highest BCUT2D eigenvalue weighted by Gasteiger charge is 2.51. The molecule has 3 rings (SSSR count). The van der Waals surface area contributed by atoms with Gasteiger partial charge in [0.1, 0.15) is 13.2 Å². The number of likely N-dealkylation sites (tertiary alicyclic amines) is 1. The van der Waals surface area contributed by atoms with Crippen LogP contribution in [-0.2, 0) is 20.5 Å². The summed E-state index contributed by atoms with van der Waals surface area (Å²) >= 11 is 0. The largest absolute Gasteiger partial charge is 0.460 e. The third-order valence-electron chi connectivity index (χ3n) is 7.13. The number of rotatable bonds is 10. The van der Waals surface area contributed by atoms with Gasteiger partial charge in [0.15, 0.2) is 8.32 Å². The van der Waals surface area contributed by atoms with Gasteiger partial charge in [0.05, 0.1) is 17.2 Å². The highest BCUT2D eigenvalue weighted by Crippen LogP contribution is 2.38. The maximum atomic E-state index is 13.1. The first-order valence-electron chi connectivity index (χ1n) is 12.3. The number of esters is 1. The Morgan fingerprint density at radius 1 is 0.941 bits per heavy atom. The molecule has 0 radical (unpaired) electrons. The van der Waals surface area contributed by atoms with Crippen LogP contribution < -0.4 is 0 Å². The fourth-order valence-electron chi connectivity index (χ4n) is 4.67. The van der Waals surface area contributed by atoms with Crippen LogP contribution in [0.15, 0.2) is 60.7 Å². The van der Waals surface area contributed by atoms with Crippen LogP contribution in [0.5, 0.6) is 0 Å². The predicted octanol–water partition coefficient (Wildman–Crippen LogP) is 6.04. The van der Waals surface area contributed by atoms with Crippen LogP contribution in [0, 0.1) is 0 Å². The zero-order valence-electron chi connectivity index (χ0n) is 20.8. The fourth-order valence-corrected chi connectivity index (χ4v) is 7.83. The van der Waals surface area contributed by atoms with Gasteiger partial charge in [0.2, 0.25) is 0 Å². The molecule has 34 heavy (non-hydrogen) atoms. The summed E-state index contributed by atoms with van der Waals surface area (Å²) in [6, 6.07) is 21.1. The third-order valence-corrected chi connectivity index (χ3v) is 11.9. The Morgan fingerprint density at radius 3 is 2.12 bits per heavy atom. The molecule has 1 aliphatic rings. The van der Waals surface area contributed by atoms with Gasteiger partial charge in [-0.05, 0) is 49.2 Å². The molecule has 6 nitrogen and oxygen atoms in total. The Bertz CT molecular complexity index is 926.